The van der Waals surface area contributed by atoms with E-state index in [2.05, 4.69) is 10.1 Å². The average Bonchev–Trinajstić information content (AvgIpc) is 3.37. The molecule has 9 nitrogen and oxygen atoms in total. The van der Waals surface area contributed by atoms with Gasteiger partial charge in [-0.15, -0.1) is 0 Å². The van der Waals surface area contributed by atoms with Gasteiger partial charge in [0.15, 0.2) is 6.61 Å². The third-order valence-corrected chi connectivity index (χ3v) is 6.89. The minimum Gasteiger partial charge on any atom is -0.493 e. The van der Waals surface area contributed by atoms with Gasteiger partial charge in [-0.1, -0.05) is 35.5 Å². The van der Waals surface area contributed by atoms with E-state index in [0.717, 1.165) is 0 Å². The van der Waals surface area contributed by atoms with E-state index in [9.17, 15) is 13.2 Å². The van der Waals surface area contributed by atoms with Crippen molar-refractivity contribution in [1.82, 2.24) is 10.1 Å². The Kier molecular flexibility index (Phi) is 7.11. The van der Waals surface area contributed by atoms with E-state index >= 15 is 0 Å². The van der Waals surface area contributed by atoms with Gasteiger partial charge in [0.25, 0.3) is 15.9 Å². The summed E-state index contributed by atoms with van der Waals surface area (Å²) in [6.45, 7) is 2.13. The highest BCUT2D eigenvalue weighted by Gasteiger charge is 2.22. The highest BCUT2D eigenvalue weighted by Crippen LogP contribution is 2.27. The Balaban J connectivity index is 1.41. The largest absolute Gasteiger partial charge is 0.493 e. The van der Waals surface area contributed by atoms with Crippen LogP contribution in [-0.2, 0) is 21.4 Å². The van der Waals surface area contributed by atoms with Gasteiger partial charge >= 0.3 is 5.97 Å². The summed E-state index contributed by atoms with van der Waals surface area (Å²) in [6.07, 6.45) is 0. The molecule has 1 heterocycles. The van der Waals surface area contributed by atoms with Crippen molar-refractivity contribution in [3.05, 3.63) is 90.3 Å². The number of anilines is 1. The third-order valence-electron chi connectivity index (χ3n) is 5.09. The van der Waals surface area contributed by atoms with Crippen molar-refractivity contribution in [2.24, 2.45) is 0 Å². The summed E-state index contributed by atoms with van der Waals surface area (Å²) < 4.78 is 43.0. The van der Waals surface area contributed by atoms with Gasteiger partial charge in [0, 0.05) is 7.05 Å². The highest BCUT2D eigenvalue weighted by atomic mass is 32.2. The molecule has 10 heteroatoms. The van der Waals surface area contributed by atoms with Crippen LogP contribution in [0.25, 0.3) is 11.4 Å². The maximum atomic E-state index is 12.9. The normalized spacial score (nSPS) is 11.1. The van der Waals surface area contributed by atoms with Crippen LogP contribution in [-0.4, -0.2) is 38.2 Å². The summed E-state index contributed by atoms with van der Waals surface area (Å²) in [5, 5.41) is 3.93. The summed E-state index contributed by atoms with van der Waals surface area (Å²) in [7, 11) is -2.31. The molecular weight excluding hydrogens is 470 g/mol. The summed E-state index contributed by atoms with van der Waals surface area (Å²) >= 11 is 0. The Morgan fingerprint density at radius 2 is 1.66 bits per heavy atom. The van der Waals surface area contributed by atoms with Gasteiger partial charge in [-0.25, -0.2) is 13.2 Å². The topological polar surface area (TPSA) is 112 Å². The monoisotopic (exact) mass is 493 g/mol. The second-order valence-corrected chi connectivity index (χ2v) is 9.32. The van der Waals surface area contributed by atoms with Crippen LogP contribution in [0.1, 0.15) is 23.2 Å². The number of sulfonamides is 1. The fourth-order valence-electron chi connectivity index (χ4n) is 3.26. The van der Waals surface area contributed by atoms with E-state index in [1.807, 2.05) is 19.1 Å². The highest BCUT2D eigenvalue weighted by molar-refractivity contribution is 7.92. The molecular formula is C25H23N3O6S. The average molecular weight is 494 g/mol. The van der Waals surface area contributed by atoms with Crippen LogP contribution in [0.4, 0.5) is 5.69 Å². The maximum absolute atomic E-state index is 12.9. The number of esters is 1. The zero-order chi connectivity index (χ0) is 24.8. The Labute approximate surface area is 203 Å². The van der Waals surface area contributed by atoms with Crippen LogP contribution in [0.2, 0.25) is 0 Å². The van der Waals surface area contributed by atoms with E-state index in [1.165, 1.54) is 35.6 Å². The van der Waals surface area contributed by atoms with Crippen LogP contribution in [0.5, 0.6) is 5.75 Å². The predicted octanol–water partition coefficient (Wildman–Crippen LogP) is 4.32. The van der Waals surface area contributed by atoms with Gasteiger partial charge in [0.05, 0.1) is 28.3 Å². The molecule has 0 aliphatic heterocycles. The van der Waals surface area contributed by atoms with Crippen LogP contribution in [0.3, 0.4) is 0 Å². The van der Waals surface area contributed by atoms with Crippen molar-refractivity contribution in [2.45, 2.75) is 18.4 Å². The third kappa shape index (κ3) is 5.33. The number of aromatic nitrogens is 2. The van der Waals surface area contributed by atoms with Crippen LogP contribution >= 0.6 is 0 Å². The van der Waals surface area contributed by atoms with Gasteiger partial charge in [-0.3, -0.25) is 4.31 Å². The minimum absolute atomic E-state index is 0.0508. The Morgan fingerprint density at radius 1 is 0.971 bits per heavy atom. The van der Waals surface area contributed by atoms with Crippen molar-refractivity contribution in [2.75, 3.05) is 18.0 Å². The zero-order valence-electron chi connectivity index (χ0n) is 19.1. The first-order valence-electron chi connectivity index (χ1n) is 10.8. The number of benzene rings is 3. The maximum Gasteiger partial charge on any atom is 0.338 e. The lowest BCUT2D eigenvalue weighted by Gasteiger charge is -2.19. The molecule has 0 fully saturated rings. The SMILES string of the molecule is CCOc1ccccc1-c1noc(COC(=O)c2ccc(S(=O)(=O)N(C)c3ccccc3)cc2)n1. The standard InChI is InChI=1S/C25H23N3O6S/c1-3-32-22-12-8-7-11-21(22)24-26-23(34-27-24)17-33-25(29)18-13-15-20(16-14-18)35(30,31)28(2)19-9-5-4-6-10-19/h4-16H,3,17H2,1-2H3. The molecule has 0 bridgehead atoms. The lowest BCUT2D eigenvalue weighted by Crippen LogP contribution is -2.26. The zero-order valence-corrected chi connectivity index (χ0v) is 19.9. The van der Waals surface area contributed by atoms with Crippen molar-refractivity contribution < 1.29 is 27.2 Å². The fraction of sp³-hybridized carbons (Fsp3) is 0.160. The quantitative estimate of drug-likeness (QED) is 0.317. The molecule has 1 aromatic heterocycles. The number of hydrogen-bond donors (Lipinski definition) is 0. The first-order chi connectivity index (χ1) is 16.9. The van der Waals surface area contributed by atoms with E-state index in [0.29, 0.717) is 29.4 Å². The molecule has 0 N–H and O–H groups in total. The van der Waals surface area contributed by atoms with Crippen molar-refractivity contribution in [3.8, 4) is 17.1 Å². The van der Waals surface area contributed by atoms with Crippen LogP contribution < -0.4 is 9.04 Å². The van der Waals surface area contributed by atoms with E-state index in [1.54, 1.807) is 42.5 Å². The Morgan fingerprint density at radius 3 is 2.37 bits per heavy atom. The lowest BCUT2D eigenvalue weighted by atomic mass is 10.2. The summed E-state index contributed by atoms with van der Waals surface area (Å²) in [5.74, 6) is 0.396. The van der Waals surface area contributed by atoms with Crippen molar-refractivity contribution >= 4 is 21.7 Å². The number of carbonyl (C=O) groups is 1. The van der Waals surface area contributed by atoms with Gasteiger partial charge in [0.1, 0.15) is 5.75 Å². The summed E-state index contributed by atoms with van der Waals surface area (Å²) in [4.78, 5) is 16.8. The van der Waals surface area contributed by atoms with E-state index in [-0.39, 0.29) is 23.0 Å². The number of hydrogen-bond acceptors (Lipinski definition) is 8. The number of rotatable bonds is 9. The van der Waals surface area contributed by atoms with Crippen LogP contribution in [0, 0.1) is 0 Å². The molecule has 0 aliphatic rings. The molecule has 35 heavy (non-hydrogen) atoms. The van der Waals surface area contributed by atoms with E-state index < -0.39 is 16.0 Å². The number of ether oxygens (including phenoxy) is 2. The number of nitrogens with zero attached hydrogens (tertiary/aromatic N) is 3. The predicted molar refractivity (Wildman–Crippen MR) is 128 cm³/mol. The first-order valence-corrected chi connectivity index (χ1v) is 12.2. The number of para-hydroxylation sites is 2. The second kappa shape index (κ2) is 10.4. The molecule has 180 valence electrons. The molecule has 0 aliphatic carbocycles. The summed E-state index contributed by atoms with van der Waals surface area (Å²) in [6, 6.07) is 21.5. The van der Waals surface area contributed by atoms with Gasteiger partial charge in [-0.05, 0) is 55.5 Å². The Hall–Kier alpha value is -4.18. The Bertz CT molecular complexity index is 1400. The van der Waals surface area contributed by atoms with Gasteiger partial charge in [0.2, 0.25) is 5.82 Å². The molecule has 0 unspecified atom stereocenters. The van der Waals surface area contributed by atoms with Crippen molar-refractivity contribution in [3.63, 3.8) is 0 Å². The molecule has 0 atom stereocenters. The lowest BCUT2D eigenvalue weighted by molar-refractivity contribution is 0.0429. The fourth-order valence-corrected chi connectivity index (χ4v) is 4.46. The molecule has 4 rings (SSSR count). The van der Waals surface area contributed by atoms with E-state index in [4.69, 9.17) is 14.0 Å². The molecule has 4 aromatic rings. The molecule has 0 radical (unpaired) electrons. The number of carbonyl (C=O) groups excluding carboxylic acids is 1. The molecule has 0 amide bonds. The van der Waals surface area contributed by atoms with Crippen molar-refractivity contribution in [1.29, 1.82) is 0 Å². The molecule has 3 aromatic carbocycles. The van der Waals surface area contributed by atoms with Gasteiger partial charge in [-0.2, -0.15) is 4.98 Å². The minimum atomic E-state index is -3.78. The van der Waals surface area contributed by atoms with Crippen LogP contribution in [0.15, 0.2) is 88.3 Å². The van der Waals surface area contributed by atoms with Gasteiger partial charge < -0.3 is 14.0 Å². The smallest absolute Gasteiger partial charge is 0.338 e. The summed E-state index contributed by atoms with van der Waals surface area (Å²) in [5.41, 5.74) is 1.37. The molecule has 0 saturated carbocycles. The second-order valence-electron chi connectivity index (χ2n) is 7.35. The first kappa shape index (κ1) is 24.0. The molecule has 0 saturated heterocycles. The molecule has 0 spiro atoms.